The van der Waals surface area contributed by atoms with Crippen LogP contribution in [0.5, 0.6) is 5.75 Å². The molecule has 2 N–H and O–H groups in total. The molecule has 0 aliphatic carbocycles. The summed E-state index contributed by atoms with van der Waals surface area (Å²) in [4.78, 5) is 17.7. The first kappa shape index (κ1) is 30.6. The third-order valence-electron chi connectivity index (χ3n) is 8.40. The van der Waals surface area contributed by atoms with Gasteiger partial charge in [0.2, 0.25) is 0 Å². The Morgan fingerprint density at radius 3 is 2.00 bits per heavy atom. The number of carbonyl (C=O) groups excluding carboxylic acids is 1. The summed E-state index contributed by atoms with van der Waals surface area (Å²) < 4.78 is 0. The van der Waals surface area contributed by atoms with E-state index in [4.69, 9.17) is 0 Å². The van der Waals surface area contributed by atoms with E-state index >= 15 is 0 Å². The van der Waals surface area contributed by atoms with E-state index in [1.165, 1.54) is 11.1 Å². The first-order valence-corrected chi connectivity index (χ1v) is 15.1. The zero-order chi connectivity index (χ0) is 29.8. The van der Waals surface area contributed by atoms with Gasteiger partial charge >= 0.3 is 6.03 Å². The molecule has 1 aliphatic rings. The molecule has 1 aliphatic heterocycles. The van der Waals surface area contributed by atoms with Gasteiger partial charge in [-0.25, -0.2) is 4.79 Å². The first-order chi connectivity index (χ1) is 19.3. The molecule has 1 heterocycles. The van der Waals surface area contributed by atoms with Crippen molar-refractivity contribution in [2.24, 2.45) is 0 Å². The van der Waals surface area contributed by atoms with Crippen molar-refractivity contribution in [3.05, 3.63) is 94.5 Å². The maximum atomic E-state index is 13.3. The van der Waals surface area contributed by atoms with Crippen LogP contribution in [0.4, 0.5) is 10.5 Å². The normalized spacial score (nSPS) is 15.1. The van der Waals surface area contributed by atoms with E-state index in [1.54, 1.807) is 0 Å². The molecule has 41 heavy (non-hydrogen) atoms. The highest BCUT2D eigenvalue weighted by Crippen LogP contribution is 2.40. The second-order valence-corrected chi connectivity index (χ2v) is 13.7. The summed E-state index contributed by atoms with van der Waals surface area (Å²) in [5.74, 6) is 0.412. The van der Waals surface area contributed by atoms with Crippen molar-refractivity contribution in [1.82, 2.24) is 9.80 Å². The molecule has 0 radical (unpaired) electrons. The summed E-state index contributed by atoms with van der Waals surface area (Å²) in [5.41, 5.74) is 6.19. The van der Waals surface area contributed by atoms with Crippen molar-refractivity contribution in [2.45, 2.75) is 90.6 Å². The number of phenolic OH excluding ortho intramolecular Hbond substituents is 1. The molecule has 3 aromatic carbocycles. The van der Waals surface area contributed by atoms with Crippen molar-refractivity contribution in [3.63, 3.8) is 0 Å². The Morgan fingerprint density at radius 1 is 0.854 bits per heavy atom. The van der Waals surface area contributed by atoms with Crippen molar-refractivity contribution >= 4 is 11.7 Å². The minimum Gasteiger partial charge on any atom is -0.507 e. The van der Waals surface area contributed by atoms with Gasteiger partial charge in [0.25, 0.3) is 0 Å². The van der Waals surface area contributed by atoms with E-state index in [1.807, 2.05) is 30.1 Å². The summed E-state index contributed by atoms with van der Waals surface area (Å²) in [6.45, 7) is 15.8. The number of hydrogen-bond donors (Lipinski definition) is 2. The number of urea groups is 1. The number of aryl methyl sites for hydroxylation is 2. The number of piperidine rings is 1. The molecule has 2 amide bonds. The predicted octanol–water partition coefficient (Wildman–Crippen LogP) is 7.90. The maximum Gasteiger partial charge on any atom is 0.321 e. The highest BCUT2D eigenvalue weighted by molar-refractivity contribution is 5.90. The average molecular weight is 556 g/mol. The van der Waals surface area contributed by atoms with Crippen molar-refractivity contribution < 1.29 is 9.90 Å². The molecule has 5 heteroatoms. The van der Waals surface area contributed by atoms with Gasteiger partial charge in [-0.1, -0.05) is 102 Å². The monoisotopic (exact) mass is 555 g/mol. The molecule has 0 aromatic heterocycles. The van der Waals surface area contributed by atoms with Gasteiger partial charge < -0.3 is 15.3 Å². The van der Waals surface area contributed by atoms with Gasteiger partial charge in [0.05, 0.1) is 0 Å². The van der Waals surface area contributed by atoms with Gasteiger partial charge in [0, 0.05) is 38.4 Å². The number of amides is 2. The lowest BCUT2D eigenvalue weighted by Gasteiger charge is -2.36. The van der Waals surface area contributed by atoms with Crippen LogP contribution in [0.1, 0.15) is 82.2 Å². The van der Waals surface area contributed by atoms with Gasteiger partial charge in [-0.15, -0.1) is 0 Å². The van der Waals surface area contributed by atoms with Crippen LogP contribution in [-0.4, -0.2) is 47.1 Å². The molecule has 5 nitrogen and oxygen atoms in total. The number of rotatable bonds is 7. The zero-order valence-corrected chi connectivity index (χ0v) is 26.1. The molecule has 0 atom stereocenters. The fraction of sp³-hybridized carbons (Fsp3) is 0.472. The van der Waals surface area contributed by atoms with Crippen LogP contribution >= 0.6 is 0 Å². The molecule has 1 saturated heterocycles. The summed E-state index contributed by atoms with van der Waals surface area (Å²) >= 11 is 0. The molecule has 1 fully saturated rings. The molecule has 0 spiro atoms. The molecular formula is C36H49N3O2. The first-order valence-electron chi connectivity index (χ1n) is 15.1. The second-order valence-electron chi connectivity index (χ2n) is 13.7. The van der Waals surface area contributed by atoms with Crippen molar-refractivity contribution in [3.8, 4) is 5.75 Å². The maximum absolute atomic E-state index is 13.3. The second kappa shape index (κ2) is 12.7. The SMILES string of the molecule is CN(C(=O)Nc1ccccc1CCc1cc(C(C)(C)C)c(O)c(C(C)(C)C)c1)C1CCN(Cc2ccccc2)CC1. The number of phenols is 1. The van der Waals surface area contributed by atoms with E-state index in [9.17, 15) is 9.90 Å². The summed E-state index contributed by atoms with van der Waals surface area (Å²) in [7, 11) is 1.92. The van der Waals surface area contributed by atoms with Crippen molar-refractivity contribution in [2.75, 3.05) is 25.5 Å². The number of carbonyl (C=O) groups is 1. The number of hydrogen-bond acceptors (Lipinski definition) is 3. The van der Waals surface area contributed by atoms with Crippen LogP contribution in [0, 0.1) is 0 Å². The lowest BCUT2D eigenvalue weighted by molar-refractivity contribution is 0.137. The molecule has 0 bridgehead atoms. The standard InChI is InChI=1S/C36H49N3O2/c1-35(2,3)30-23-27(24-31(33(30)40)36(4,5)6)17-18-28-15-11-12-16-32(28)37-34(41)38(7)29-19-21-39(22-20-29)25-26-13-9-8-10-14-26/h8-16,23-24,29,40H,17-22,25H2,1-7H3,(H,37,41). The smallest absolute Gasteiger partial charge is 0.321 e. The zero-order valence-electron chi connectivity index (χ0n) is 26.1. The van der Waals surface area contributed by atoms with Crippen LogP contribution in [-0.2, 0) is 30.2 Å². The Kier molecular flexibility index (Phi) is 9.48. The van der Waals surface area contributed by atoms with E-state index in [0.717, 1.165) is 67.7 Å². The Labute approximate surface area is 247 Å². The summed E-state index contributed by atoms with van der Waals surface area (Å²) in [6.07, 6.45) is 3.59. The van der Waals surface area contributed by atoms with Crippen LogP contribution < -0.4 is 5.32 Å². The predicted molar refractivity (Wildman–Crippen MR) is 171 cm³/mol. The highest BCUT2D eigenvalue weighted by Gasteiger charge is 2.27. The van der Waals surface area contributed by atoms with Gasteiger partial charge in [-0.2, -0.15) is 0 Å². The number of benzene rings is 3. The lowest BCUT2D eigenvalue weighted by atomic mass is 9.78. The van der Waals surface area contributed by atoms with Crippen LogP contribution in [0.3, 0.4) is 0 Å². The molecule has 220 valence electrons. The minimum atomic E-state index is -0.158. The van der Waals surface area contributed by atoms with E-state index in [-0.39, 0.29) is 22.9 Å². The summed E-state index contributed by atoms with van der Waals surface area (Å²) in [5, 5.41) is 14.3. The van der Waals surface area contributed by atoms with Gasteiger partial charge in [-0.05, 0) is 70.4 Å². The number of nitrogens with one attached hydrogen (secondary N) is 1. The minimum absolute atomic E-state index is 0.0476. The van der Waals surface area contributed by atoms with Crippen LogP contribution in [0.2, 0.25) is 0 Å². The van der Waals surface area contributed by atoms with Gasteiger partial charge in [0.15, 0.2) is 0 Å². The number of aromatic hydroxyl groups is 1. The number of likely N-dealkylation sites (tertiary alicyclic amines) is 1. The van der Waals surface area contributed by atoms with E-state index < -0.39 is 0 Å². The molecule has 0 saturated carbocycles. The highest BCUT2D eigenvalue weighted by atomic mass is 16.3. The quantitative estimate of drug-likeness (QED) is 0.312. The Bertz CT molecular complexity index is 1280. The van der Waals surface area contributed by atoms with E-state index in [2.05, 4.69) is 100 Å². The fourth-order valence-corrected chi connectivity index (χ4v) is 5.80. The van der Waals surface area contributed by atoms with Gasteiger partial charge in [0.1, 0.15) is 5.75 Å². The van der Waals surface area contributed by atoms with Crippen LogP contribution in [0.15, 0.2) is 66.7 Å². The topological polar surface area (TPSA) is 55.8 Å². The van der Waals surface area contributed by atoms with Gasteiger partial charge in [-0.3, -0.25) is 4.90 Å². The third kappa shape index (κ3) is 7.91. The largest absolute Gasteiger partial charge is 0.507 e. The number of nitrogens with zero attached hydrogens (tertiary/aromatic N) is 2. The molecule has 0 unspecified atom stereocenters. The lowest BCUT2D eigenvalue weighted by Crippen LogP contribution is -2.46. The third-order valence-corrected chi connectivity index (χ3v) is 8.40. The molecular weight excluding hydrogens is 506 g/mol. The molecule has 4 rings (SSSR count). The molecule has 3 aromatic rings. The van der Waals surface area contributed by atoms with Crippen molar-refractivity contribution in [1.29, 1.82) is 0 Å². The van der Waals surface area contributed by atoms with E-state index in [0.29, 0.717) is 5.75 Å². The fourth-order valence-electron chi connectivity index (χ4n) is 5.80. The average Bonchev–Trinajstić information content (AvgIpc) is 2.92. The number of para-hydroxylation sites is 1. The Morgan fingerprint density at radius 2 is 1.41 bits per heavy atom. The number of anilines is 1. The Hall–Kier alpha value is -3.31. The van der Waals surface area contributed by atoms with Crippen LogP contribution in [0.25, 0.3) is 0 Å². The Balaban J connectivity index is 1.40. The summed E-state index contributed by atoms with van der Waals surface area (Å²) in [6, 6.07) is 23.2.